The number of ether oxygens (including phenoxy) is 1. The number of aryl methyl sites for hydroxylation is 3. The van der Waals surface area contributed by atoms with Crippen molar-refractivity contribution in [3.8, 4) is 11.5 Å². The van der Waals surface area contributed by atoms with Crippen LogP contribution in [0.25, 0.3) is 0 Å². The molecule has 1 aliphatic heterocycles. The predicted octanol–water partition coefficient (Wildman–Crippen LogP) is 4.10. The quantitative estimate of drug-likeness (QED) is 0.605. The van der Waals surface area contributed by atoms with Gasteiger partial charge in [0.1, 0.15) is 11.3 Å². The zero-order valence-electron chi connectivity index (χ0n) is 18.8. The van der Waals surface area contributed by atoms with Crippen LogP contribution in [0.2, 0.25) is 0 Å². The second-order valence-corrected chi connectivity index (χ2v) is 8.12. The molecule has 7 nitrogen and oxygen atoms in total. The molecule has 2 aromatic carbocycles. The number of nitrogens with one attached hydrogen (secondary N) is 1. The molecule has 1 N–H and O–H groups in total. The molecule has 1 aromatic heterocycles. The molecular formula is C24H23F3N4O3. The highest BCUT2D eigenvalue weighted by Crippen LogP contribution is 2.33. The highest BCUT2D eigenvalue weighted by atomic mass is 19.4. The molecule has 2 heterocycles. The fraction of sp³-hybridized carbons (Fsp3) is 0.292. The van der Waals surface area contributed by atoms with Gasteiger partial charge in [-0.05, 0) is 49.6 Å². The number of alkyl halides is 3. The van der Waals surface area contributed by atoms with E-state index in [0.29, 0.717) is 6.42 Å². The van der Waals surface area contributed by atoms with Crippen LogP contribution in [0, 0.1) is 13.8 Å². The van der Waals surface area contributed by atoms with Gasteiger partial charge in [0.15, 0.2) is 11.6 Å². The van der Waals surface area contributed by atoms with Crippen molar-refractivity contribution in [2.75, 3.05) is 6.61 Å². The fourth-order valence-corrected chi connectivity index (χ4v) is 3.68. The number of hydroxylamine groups is 1. The van der Waals surface area contributed by atoms with Crippen molar-refractivity contribution >= 4 is 5.84 Å². The molecule has 0 unspecified atom stereocenters. The minimum atomic E-state index is -4.53. The molecule has 0 radical (unpaired) electrons. The van der Waals surface area contributed by atoms with E-state index < -0.39 is 17.3 Å². The van der Waals surface area contributed by atoms with Crippen LogP contribution in [0.15, 0.2) is 58.4 Å². The van der Waals surface area contributed by atoms with Crippen molar-refractivity contribution in [2.45, 2.75) is 32.5 Å². The van der Waals surface area contributed by atoms with Gasteiger partial charge in [0.25, 0.3) is 5.56 Å². The first-order valence-corrected chi connectivity index (χ1v) is 10.6. The van der Waals surface area contributed by atoms with Crippen molar-refractivity contribution < 1.29 is 22.7 Å². The van der Waals surface area contributed by atoms with Crippen molar-refractivity contribution in [1.82, 2.24) is 15.3 Å². The van der Waals surface area contributed by atoms with Crippen LogP contribution in [-0.4, -0.2) is 28.3 Å². The summed E-state index contributed by atoms with van der Waals surface area (Å²) in [6.07, 6.45) is -2.68. The average molecular weight is 472 g/mol. The van der Waals surface area contributed by atoms with E-state index in [2.05, 4.69) is 21.6 Å². The summed E-state index contributed by atoms with van der Waals surface area (Å²) < 4.78 is 46.1. The molecule has 0 amide bonds. The molecular weight excluding hydrogens is 449 g/mol. The largest absolute Gasteiger partial charge is 0.455 e. The molecule has 1 aliphatic rings. The third-order valence-electron chi connectivity index (χ3n) is 5.44. The number of aromatic nitrogens is 2. The van der Waals surface area contributed by atoms with Crippen LogP contribution in [0.3, 0.4) is 0 Å². The van der Waals surface area contributed by atoms with Crippen molar-refractivity contribution in [2.24, 2.45) is 12.0 Å². The Balaban J connectivity index is 1.68. The number of rotatable bonds is 5. The molecule has 178 valence electrons. The topological polar surface area (TPSA) is 77.7 Å². The van der Waals surface area contributed by atoms with Crippen LogP contribution < -0.4 is 15.8 Å². The van der Waals surface area contributed by atoms with Gasteiger partial charge < -0.3 is 4.74 Å². The van der Waals surface area contributed by atoms with E-state index >= 15 is 0 Å². The van der Waals surface area contributed by atoms with E-state index in [-0.39, 0.29) is 35.5 Å². The predicted molar refractivity (Wildman–Crippen MR) is 120 cm³/mol. The first-order valence-electron chi connectivity index (χ1n) is 10.6. The number of amidine groups is 1. The zero-order chi connectivity index (χ0) is 24.5. The summed E-state index contributed by atoms with van der Waals surface area (Å²) in [5.74, 6) is 0.00529. The first-order chi connectivity index (χ1) is 16.1. The Morgan fingerprint density at radius 2 is 2.00 bits per heavy atom. The van der Waals surface area contributed by atoms with E-state index in [1.165, 1.54) is 25.4 Å². The van der Waals surface area contributed by atoms with E-state index in [9.17, 15) is 18.0 Å². The average Bonchev–Trinajstić information content (AvgIpc) is 2.78. The second kappa shape index (κ2) is 9.30. The number of hydrogen-bond donors (Lipinski definition) is 1. The molecule has 1 atom stereocenters. The number of hydrogen-bond acceptors (Lipinski definition) is 6. The molecule has 0 bridgehead atoms. The SMILES string of the molecule is Cc1ccc(C[C@@H]2CONC(c3c(Oc4cccc(C(F)(F)F)c4)cnn(C)c3=O)=N2)c(C)c1. The van der Waals surface area contributed by atoms with Crippen LogP contribution in [0.4, 0.5) is 13.2 Å². The van der Waals surface area contributed by atoms with Gasteiger partial charge in [0.05, 0.1) is 24.4 Å². The third kappa shape index (κ3) is 5.12. The molecule has 0 aliphatic carbocycles. The molecule has 0 saturated heterocycles. The van der Waals surface area contributed by atoms with Gasteiger partial charge in [-0.3, -0.25) is 14.6 Å². The molecule has 0 saturated carbocycles. The van der Waals surface area contributed by atoms with Gasteiger partial charge in [0.2, 0.25) is 0 Å². The monoisotopic (exact) mass is 472 g/mol. The fourth-order valence-electron chi connectivity index (χ4n) is 3.68. The summed E-state index contributed by atoms with van der Waals surface area (Å²) >= 11 is 0. The summed E-state index contributed by atoms with van der Waals surface area (Å²) in [5.41, 5.74) is 4.65. The lowest BCUT2D eigenvalue weighted by molar-refractivity contribution is -0.137. The van der Waals surface area contributed by atoms with Crippen LogP contribution in [0.1, 0.15) is 27.8 Å². The molecule has 0 fully saturated rings. The van der Waals surface area contributed by atoms with Gasteiger partial charge >= 0.3 is 6.18 Å². The maximum absolute atomic E-state index is 13.1. The maximum Gasteiger partial charge on any atom is 0.416 e. The van der Waals surface area contributed by atoms with Gasteiger partial charge in [-0.15, -0.1) is 0 Å². The highest BCUT2D eigenvalue weighted by Gasteiger charge is 2.31. The Morgan fingerprint density at radius 3 is 2.74 bits per heavy atom. The Bertz CT molecular complexity index is 1300. The lowest BCUT2D eigenvalue weighted by Gasteiger charge is -2.23. The minimum Gasteiger partial charge on any atom is -0.455 e. The summed E-state index contributed by atoms with van der Waals surface area (Å²) in [5, 5.41) is 3.94. The van der Waals surface area contributed by atoms with Crippen molar-refractivity contribution in [3.63, 3.8) is 0 Å². The molecule has 10 heteroatoms. The Kier molecular flexibility index (Phi) is 6.43. The molecule has 4 rings (SSSR count). The number of nitrogens with zero attached hydrogens (tertiary/aromatic N) is 3. The summed E-state index contributed by atoms with van der Waals surface area (Å²) in [6, 6.07) is 10.3. The van der Waals surface area contributed by atoms with Gasteiger partial charge in [0, 0.05) is 7.05 Å². The first kappa shape index (κ1) is 23.5. The summed E-state index contributed by atoms with van der Waals surface area (Å²) in [4.78, 5) is 23.1. The standard InChI is InChI=1S/C24H23F3N4O3/c1-14-7-8-16(15(2)9-14)10-18-13-33-30-22(29-18)21-20(12-28-31(3)23(21)32)34-19-6-4-5-17(11-19)24(25,26)27/h4-9,11-12,18H,10,13H2,1-3H3,(H,29,30)/t18-/m1/s1. The second-order valence-electron chi connectivity index (χ2n) is 8.12. The van der Waals surface area contributed by atoms with Gasteiger partial charge in [-0.1, -0.05) is 29.8 Å². The van der Waals surface area contributed by atoms with Crippen LogP contribution >= 0.6 is 0 Å². The zero-order valence-corrected chi connectivity index (χ0v) is 18.8. The normalized spacial score (nSPS) is 16.1. The van der Waals surface area contributed by atoms with E-state index in [0.717, 1.165) is 33.5 Å². The van der Waals surface area contributed by atoms with Gasteiger partial charge in [-0.25, -0.2) is 10.2 Å². The van der Waals surface area contributed by atoms with Crippen molar-refractivity contribution in [3.05, 3.63) is 86.8 Å². The third-order valence-corrected chi connectivity index (χ3v) is 5.44. The van der Waals surface area contributed by atoms with Gasteiger partial charge in [-0.2, -0.15) is 18.3 Å². The van der Waals surface area contributed by atoms with Crippen molar-refractivity contribution in [1.29, 1.82) is 0 Å². The van der Waals surface area contributed by atoms with Crippen LogP contribution in [-0.2, 0) is 24.5 Å². The highest BCUT2D eigenvalue weighted by molar-refractivity contribution is 6.00. The maximum atomic E-state index is 13.1. The lowest BCUT2D eigenvalue weighted by atomic mass is 9.99. The molecule has 34 heavy (non-hydrogen) atoms. The summed E-state index contributed by atoms with van der Waals surface area (Å²) in [7, 11) is 1.46. The Hall–Kier alpha value is -3.66. The summed E-state index contributed by atoms with van der Waals surface area (Å²) in [6.45, 7) is 4.33. The Morgan fingerprint density at radius 1 is 1.21 bits per heavy atom. The van der Waals surface area contributed by atoms with E-state index in [1.807, 2.05) is 26.0 Å². The van der Waals surface area contributed by atoms with E-state index in [1.54, 1.807) is 0 Å². The number of halogens is 3. The van der Waals surface area contributed by atoms with E-state index in [4.69, 9.17) is 9.57 Å². The van der Waals surface area contributed by atoms with Crippen LogP contribution in [0.5, 0.6) is 11.5 Å². The lowest BCUT2D eigenvalue weighted by Crippen LogP contribution is -2.40. The number of benzene rings is 2. The molecule has 3 aromatic rings. The molecule has 0 spiro atoms. The Labute approximate surface area is 193 Å². The number of aliphatic imine (C=N–C) groups is 1. The smallest absolute Gasteiger partial charge is 0.416 e. The minimum absolute atomic E-state index is 0.0141.